The number of nitrogens with one attached hydrogen (secondary N) is 1. The molecule has 2 aromatic carbocycles. The first-order valence-electron chi connectivity index (χ1n) is 12.1. The number of H-pyrrole nitrogens is 1. The van der Waals surface area contributed by atoms with E-state index < -0.39 is 0 Å². The minimum absolute atomic E-state index is 0.461. The number of anilines is 1. The number of fused-ring (bicyclic) bond motifs is 1. The first-order chi connectivity index (χ1) is 17.9. The lowest BCUT2D eigenvalue weighted by molar-refractivity contribution is 0.122. The van der Waals surface area contributed by atoms with Crippen LogP contribution < -0.4 is 9.64 Å². The Morgan fingerprint density at radius 2 is 1.72 bits per heavy atom. The Bertz CT molecular complexity index is 1380. The highest BCUT2D eigenvalue weighted by molar-refractivity contribution is 5.81. The average molecular weight is 485 g/mol. The summed E-state index contributed by atoms with van der Waals surface area (Å²) in [5.74, 6) is 2.23. The van der Waals surface area contributed by atoms with Crippen LogP contribution in [-0.4, -0.2) is 61.5 Å². The molecule has 5 aromatic rings. The van der Waals surface area contributed by atoms with Gasteiger partial charge in [-0.05, 0) is 28.5 Å². The molecule has 184 valence electrons. The molecule has 0 spiro atoms. The Labute approximate surface area is 208 Å². The lowest BCUT2D eigenvalue weighted by Crippen LogP contribution is -2.37. The molecule has 36 heavy (non-hydrogen) atoms. The first kappa shape index (κ1) is 23.4. The van der Waals surface area contributed by atoms with E-state index in [1.54, 1.807) is 6.20 Å². The van der Waals surface area contributed by atoms with Gasteiger partial charge in [-0.2, -0.15) is 14.8 Å². The highest BCUT2D eigenvalue weighted by atomic mass is 16.5. The number of tetrazole rings is 1. The van der Waals surface area contributed by atoms with Crippen LogP contribution >= 0.6 is 0 Å². The van der Waals surface area contributed by atoms with Crippen LogP contribution in [0.1, 0.15) is 19.4 Å². The van der Waals surface area contributed by atoms with Crippen LogP contribution in [0, 0.1) is 0 Å². The van der Waals surface area contributed by atoms with Crippen molar-refractivity contribution >= 4 is 11.5 Å². The maximum Gasteiger partial charge on any atom is 0.210 e. The van der Waals surface area contributed by atoms with E-state index in [1.807, 2.05) is 54.9 Å². The van der Waals surface area contributed by atoms with Gasteiger partial charge in [0.1, 0.15) is 18.2 Å². The fraction of sp³-hybridized carbons (Fsp3) is 0.269. The molecule has 1 aliphatic heterocycles. The summed E-state index contributed by atoms with van der Waals surface area (Å²) in [4.78, 5) is 7.00. The fourth-order valence-corrected chi connectivity index (χ4v) is 4.11. The maximum atomic E-state index is 5.96. The van der Waals surface area contributed by atoms with Gasteiger partial charge in [-0.25, -0.2) is 4.98 Å². The van der Waals surface area contributed by atoms with Crippen molar-refractivity contribution in [2.75, 3.05) is 31.2 Å². The molecule has 3 aromatic heterocycles. The smallest absolute Gasteiger partial charge is 0.210 e. The molecule has 4 heterocycles. The van der Waals surface area contributed by atoms with Crippen LogP contribution in [0.4, 0.5) is 5.82 Å². The van der Waals surface area contributed by atoms with Crippen LogP contribution in [0.3, 0.4) is 0 Å². The number of hydrogen-bond acceptors (Lipinski definition) is 8. The SMILES string of the molecule is CC.c1ccc(COc2ccc(-c3cnc4c(-c5nn[nH]n5)cnn4c3N3CCOCC3)cc2)cc1. The molecule has 0 atom stereocenters. The van der Waals surface area contributed by atoms with E-state index >= 15 is 0 Å². The Hall–Kier alpha value is -4.31. The van der Waals surface area contributed by atoms with E-state index in [-0.39, 0.29) is 0 Å². The predicted octanol–water partition coefficient (Wildman–Crippen LogP) is 4.02. The minimum Gasteiger partial charge on any atom is -0.489 e. The van der Waals surface area contributed by atoms with Crippen LogP contribution in [0.25, 0.3) is 28.2 Å². The fourth-order valence-electron chi connectivity index (χ4n) is 4.11. The minimum atomic E-state index is 0.461. The molecule has 10 heteroatoms. The molecular weight excluding hydrogens is 456 g/mol. The number of rotatable bonds is 6. The molecule has 6 rings (SSSR count). The monoisotopic (exact) mass is 484 g/mol. The van der Waals surface area contributed by atoms with E-state index in [4.69, 9.17) is 14.5 Å². The van der Waals surface area contributed by atoms with Crippen molar-refractivity contribution in [2.45, 2.75) is 20.5 Å². The van der Waals surface area contributed by atoms with Crippen LogP contribution in [0.15, 0.2) is 67.0 Å². The summed E-state index contributed by atoms with van der Waals surface area (Å²) in [5.41, 5.74) is 4.53. The topological polar surface area (TPSA) is 106 Å². The summed E-state index contributed by atoms with van der Waals surface area (Å²) in [6, 6.07) is 18.2. The average Bonchev–Trinajstić information content (AvgIpc) is 3.64. The molecule has 0 aliphatic carbocycles. The van der Waals surface area contributed by atoms with Crippen LogP contribution in [0.2, 0.25) is 0 Å². The summed E-state index contributed by atoms with van der Waals surface area (Å²) < 4.78 is 13.4. The molecular formula is C26H28N8O2. The molecule has 0 bridgehead atoms. The molecule has 1 N–H and O–H groups in total. The van der Waals surface area contributed by atoms with Crippen molar-refractivity contribution < 1.29 is 9.47 Å². The second-order valence-corrected chi connectivity index (χ2v) is 7.92. The maximum absolute atomic E-state index is 5.96. The molecule has 0 unspecified atom stereocenters. The van der Waals surface area contributed by atoms with E-state index in [9.17, 15) is 0 Å². The number of ether oxygens (including phenoxy) is 2. The van der Waals surface area contributed by atoms with Crippen molar-refractivity contribution in [3.8, 4) is 28.3 Å². The Morgan fingerprint density at radius 1 is 0.944 bits per heavy atom. The van der Waals surface area contributed by atoms with Gasteiger partial charge in [0.05, 0.1) is 25.0 Å². The molecule has 1 fully saturated rings. The van der Waals surface area contributed by atoms with Gasteiger partial charge in [0.25, 0.3) is 0 Å². The van der Waals surface area contributed by atoms with Gasteiger partial charge in [0.15, 0.2) is 5.65 Å². The van der Waals surface area contributed by atoms with E-state index in [1.165, 1.54) is 0 Å². The second kappa shape index (κ2) is 11.0. The van der Waals surface area contributed by atoms with E-state index in [0.717, 1.165) is 46.9 Å². The number of aromatic amines is 1. The number of benzene rings is 2. The standard InChI is InChI=1S/C24H22N8O2.C2H6/c1-2-4-17(5-3-1)16-34-19-8-6-18(7-9-19)20-14-25-23-21(22-27-29-30-28-22)15-26-32(23)24(20)31-10-12-33-13-11-31;1-2/h1-9,14-15H,10-13,16H2,(H,27,28,29,30);1-2H3. The van der Waals surface area contributed by atoms with Crippen molar-refractivity contribution in [1.82, 2.24) is 35.2 Å². The summed E-state index contributed by atoms with van der Waals surface area (Å²) in [6.45, 7) is 7.38. The Balaban J connectivity index is 0.00000130. The lowest BCUT2D eigenvalue weighted by Gasteiger charge is -2.30. The summed E-state index contributed by atoms with van der Waals surface area (Å²) in [7, 11) is 0. The van der Waals surface area contributed by atoms with Gasteiger partial charge >= 0.3 is 0 Å². The highest BCUT2D eigenvalue weighted by Crippen LogP contribution is 2.34. The van der Waals surface area contributed by atoms with Crippen molar-refractivity contribution in [2.24, 2.45) is 0 Å². The molecule has 0 amide bonds. The zero-order chi connectivity index (χ0) is 24.7. The molecule has 10 nitrogen and oxygen atoms in total. The molecule has 0 saturated carbocycles. The van der Waals surface area contributed by atoms with E-state index in [0.29, 0.717) is 31.3 Å². The van der Waals surface area contributed by atoms with Crippen molar-refractivity contribution in [1.29, 1.82) is 0 Å². The third-order valence-corrected chi connectivity index (χ3v) is 5.81. The van der Waals surface area contributed by atoms with Gasteiger partial charge in [-0.1, -0.05) is 56.3 Å². The zero-order valence-corrected chi connectivity index (χ0v) is 20.3. The predicted molar refractivity (Wildman–Crippen MR) is 137 cm³/mol. The Morgan fingerprint density at radius 3 is 2.44 bits per heavy atom. The summed E-state index contributed by atoms with van der Waals surface area (Å²) in [5, 5.41) is 19.0. The molecule has 0 radical (unpaired) electrons. The zero-order valence-electron chi connectivity index (χ0n) is 20.3. The first-order valence-corrected chi connectivity index (χ1v) is 12.1. The van der Waals surface area contributed by atoms with Gasteiger partial charge in [-0.15, -0.1) is 10.2 Å². The normalized spacial score (nSPS) is 13.3. The molecule has 1 aliphatic rings. The Kier molecular flexibility index (Phi) is 7.13. The van der Waals surface area contributed by atoms with Crippen molar-refractivity contribution in [3.05, 3.63) is 72.6 Å². The largest absolute Gasteiger partial charge is 0.489 e. The number of morpholine rings is 1. The number of hydrogen-bond donors (Lipinski definition) is 1. The third-order valence-electron chi connectivity index (χ3n) is 5.81. The highest BCUT2D eigenvalue weighted by Gasteiger charge is 2.23. The van der Waals surface area contributed by atoms with Crippen LogP contribution in [0.5, 0.6) is 5.75 Å². The third kappa shape index (κ3) is 4.76. The van der Waals surface area contributed by atoms with Gasteiger partial charge in [-0.3, -0.25) is 0 Å². The second-order valence-electron chi connectivity index (χ2n) is 7.92. The number of aromatic nitrogens is 7. The van der Waals surface area contributed by atoms with Crippen molar-refractivity contribution in [3.63, 3.8) is 0 Å². The summed E-state index contributed by atoms with van der Waals surface area (Å²) in [6.07, 6.45) is 3.60. The van der Waals surface area contributed by atoms with E-state index in [2.05, 4.69) is 54.9 Å². The number of nitrogens with zero attached hydrogens (tertiary/aromatic N) is 7. The van der Waals surface area contributed by atoms with Gasteiger partial charge in [0.2, 0.25) is 5.82 Å². The van der Waals surface area contributed by atoms with Gasteiger partial charge in [0, 0.05) is 24.8 Å². The summed E-state index contributed by atoms with van der Waals surface area (Å²) >= 11 is 0. The van der Waals surface area contributed by atoms with Crippen LogP contribution in [-0.2, 0) is 11.3 Å². The molecule has 1 saturated heterocycles. The quantitative estimate of drug-likeness (QED) is 0.385. The lowest BCUT2D eigenvalue weighted by atomic mass is 10.1. The van der Waals surface area contributed by atoms with Gasteiger partial charge < -0.3 is 14.4 Å².